The number of hydrogen-bond acceptors (Lipinski definition) is 6. The molecule has 0 spiro atoms. The number of benzene rings is 1. The number of carbonyl (C=O) groups is 1. The Labute approximate surface area is 164 Å². The fraction of sp³-hybridized carbons (Fsp3) is 0.526. The van der Waals surface area contributed by atoms with Crippen molar-refractivity contribution in [2.45, 2.75) is 39.0 Å². The van der Waals surface area contributed by atoms with Crippen LogP contribution in [0.5, 0.6) is 0 Å². The third-order valence-electron chi connectivity index (χ3n) is 4.66. The second kappa shape index (κ2) is 9.34. The van der Waals surface area contributed by atoms with E-state index in [4.69, 9.17) is 4.74 Å². The van der Waals surface area contributed by atoms with E-state index in [2.05, 4.69) is 31.9 Å². The zero-order chi connectivity index (χ0) is 19.2. The Kier molecular flexibility index (Phi) is 6.87. The van der Waals surface area contributed by atoms with Crippen LogP contribution < -0.4 is 5.32 Å². The normalized spacial score (nSPS) is 15.1. The van der Waals surface area contributed by atoms with Gasteiger partial charge in [0.15, 0.2) is 5.16 Å². The van der Waals surface area contributed by atoms with Crippen LogP contribution in [0.4, 0.5) is 5.69 Å². The Morgan fingerprint density at radius 3 is 2.59 bits per heavy atom. The number of thioether (sulfide) groups is 1. The molecule has 27 heavy (non-hydrogen) atoms. The van der Waals surface area contributed by atoms with Crippen molar-refractivity contribution in [1.82, 2.24) is 19.7 Å². The zero-order valence-electron chi connectivity index (χ0n) is 16.2. The van der Waals surface area contributed by atoms with Crippen LogP contribution in [0.3, 0.4) is 0 Å². The van der Waals surface area contributed by atoms with Gasteiger partial charge in [-0.25, -0.2) is 0 Å². The molecule has 1 fully saturated rings. The molecule has 1 aromatic heterocycles. The van der Waals surface area contributed by atoms with Crippen LogP contribution in [0.1, 0.15) is 23.9 Å². The number of carbonyl (C=O) groups excluding carboxylic acids is 1. The second-order valence-corrected chi connectivity index (χ2v) is 7.58. The summed E-state index contributed by atoms with van der Waals surface area (Å²) in [5.74, 6) is 1.22. The zero-order valence-corrected chi connectivity index (χ0v) is 17.0. The van der Waals surface area contributed by atoms with E-state index in [9.17, 15) is 4.79 Å². The number of nitrogens with zero attached hydrogens (tertiary/aromatic N) is 4. The molecule has 1 N–H and O–H groups in total. The van der Waals surface area contributed by atoms with Gasteiger partial charge in [-0.2, -0.15) is 0 Å². The highest BCUT2D eigenvalue weighted by atomic mass is 32.2. The molecular formula is C19H27N5O2S. The van der Waals surface area contributed by atoms with Crippen LogP contribution in [0.25, 0.3) is 0 Å². The lowest BCUT2D eigenvalue weighted by Crippen LogP contribution is -2.36. The standard InChI is InChI=1S/C19H27N5O2S/c1-4-24-16(12-23-8-10-26-11-9-23)21-22-19(24)27-13-17(25)20-18-14(2)6-5-7-15(18)3/h5-7H,4,8-13H2,1-3H3,(H,20,25). The molecule has 3 rings (SSSR count). The minimum atomic E-state index is -0.0298. The van der Waals surface area contributed by atoms with E-state index in [1.807, 2.05) is 32.0 Å². The van der Waals surface area contributed by atoms with Gasteiger partial charge in [-0.3, -0.25) is 9.69 Å². The number of morpholine rings is 1. The third-order valence-corrected chi connectivity index (χ3v) is 5.62. The first-order chi connectivity index (χ1) is 13.1. The van der Waals surface area contributed by atoms with Gasteiger partial charge in [0.1, 0.15) is 5.82 Å². The molecule has 2 aromatic rings. The van der Waals surface area contributed by atoms with Crippen molar-refractivity contribution in [1.29, 1.82) is 0 Å². The number of rotatable bonds is 7. The maximum absolute atomic E-state index is 12.4. The number of aryl methyl sites for hydroxylation is 2. The maximum Gasteiger partial charge on any atom is 0.234 e. The van der Waals surface area contributed by atoms with Crippen LogP contribution in [-0.2, 0) is 22.6 Å². The first kappa shape index (κ1) is 19.9. The number of anilines is 1. The Hall–Kier alpha value is -1.90. The van der Waals surface area contributed by atoms with Crippen LogP contribution in [0.15, 0.2) is 23.4 Å². The van der Waals surface area contributed by atoms with Crippen molar-refractivity contribution in [2.24, 2.45) is 0 Å². The lowest BCUT2D eigenvalue weighted by atomic mass is 10.1. The molecule has 1 aromatic carbocycles. The fourth-order valence-electron chi connectivity index (χ4n) is 3.14. The Morgan fingerprint density at radius 1 is 1.22 bits per heavy atom. The van der Waals surface area contributed by atoms with E-state index in [1.165, 1.54) is 11.8 Å². The summed E-state index contributed by atoms with van der Waals surface area (Å²) in [4.78, 5) is 14.7. The maximum atomic E-state index is 12.4. The van der Waals surface area contributed by atoms with E-state index in [0.717, 1.165) is 67.2 Å². The lowest BCUT2D eigenvalue weighted by Gasteiger charge is -2.26. The molecule has 1 amide bonds. The average Bonchev–Trinajstić information content (AvgIpc) is 3.05. The number of para-hydroxylation sites is 1. The van der Waals surface area contributed by atoms with Gasteiger partial charge in [-0.05, 0) is 31.9 Å². The summed E-state index contributed by atoms with van der Waals surface area (Å²) >= 11 is 1.43. The highest BCUT2D eigenvalue weighted by Gasteiger charge is 2.18. The van der Waals surface area contributed by atoms with Crippen molar-refractivity contribution in [2.75, 3.05) is 37.4 Å². The van der Waals surface area contributed by atoms with Crippen molar-refractivity contribution in [3.05, 3.63) is 35.2 Å². The number of nitrogens with one attached hydrogen (secondary N) is 1. The minimum absolute atomic E-state index is 0.0298. The Balaban J connectivity index is 1.59. The van der Waals surface area contributed by atoms with Crippen LogP contribution >= 0.6 is 11.8 Å². The molecule has 0 atom stereocenters. The van der Waals surface area contributed by atoms with E-state index in [0.29, 0.717) is 5.75 Å². The first-order valence-electron chi connectivity index (χ1n) is 9.29. The fourth-order valence-corrected chi connectivity index (χ4v) is 3.96. The molecule has 0 saturated carbocycles. The topological polar surface area (TPSA) is 72.3 Å². The number of hydrogen-bond donors (Lipinski definition) is 1. The Bertz CT molecular complexity index is 766. The van der Waals surface area contributed by atoms with E-state index in [-0.39, 0.29) is 5.91 Å². The van der Waals surface area contributed by atoms with Crippen LogP contribution in [0, 0.1) is 13.8 Å². The highest BCUT2D eigenvalue weighted by Crippen LogP contribution is 2.22. The van der Waals surface area contributed by atoms with Crippen molar-refractivity contribution >= 4 is 23.4 Å². The molecule has 146 valence electrons. The molecule has 2 heterocycles. The molecule has 0 unspecified atom stereocenters. The summed E-state index contributed by atoms with van der Waals surface area (Å²) < 4.78 is 7.49. The van der Waals surface area contributed by atoms with Crippen LogP contribution in [-0.4, -0.2) is 57.6 Å². The first-order valence-corrected chi connectivity index (χ1v) is 10.3. The van der Waals surface area contributed by atoms with Crippen molar-refractivity contribution in [3.8, 4) is 0 Å². The molecule has 7 nitrogen and oxygen atoms in total. The summed E-state index contributed by atoms with van der Waals surface area (Å²) in [5.41, 5.74) is 3.03. The van der Waals surface area contributed by atoms with Gasteiger partial charge in [0.2, 0.25) is 5.91 Å². The molecule has 0 aliphatic carbocycles. The summed E-state index contributed by atoms with van der Waals surface area (Å²) in [6, 6.07) is 6.00. The largest absolute Gasteiger partial charge is 0.379 e. The SMILES string of the molecule is CCn1c(CN2CCOCC2)nnc1SCC(=O)Nc1c(C)cccc1C. The van der Waals surface area contributed by atoms with Gasteiger partial charge in [-0.15, -0.1) is 10.2 Å². The van der Waals surface area contributed by atoms with E-state index < -0.39 is 0 Å². The van der Waals surface area contributed by atoms with Gasteiger partial charge < -0.3 is 14.6 Å². The van der Waals surface area contributed by atoms with Gasteiger partial charge in [-0.1, -0.05) is 30.0 Å². The van der Waals surface area contributed by atoms with Gasteiger partial charge in [0, 0.05) is 25.3 Å². The lowest BCUT2D eigenvalue weighted by molar-refractivity contribution is -0.113. The molecule has 0 radical (unpaired) electrons. The summed E-state index contributed by atoms with van der Waals surface area (Å²) in [6.07, 6.45) is 0. The van der Waals surface area contributed by atoms with Crippen molar-refractivity contribution < 1.29 is 9.53 Å². The number of aromatic nitrogens is 3. The minimum Gasteiger partial charge on any atom is -0.379 e. The highest BCUT2D eigenvalue weighted by molar-refractivity contribution is 7.99. The number of ether oxygens (including phenoxy) is 1. The quantitative estimate of drug-likeness (QED) is 0.734. The summed E-state index contributed by atoms with van der Waals surface area (Å²) in [6.45, 7) is 11.0. The van der Waals surface area contributed by atoms with E-state index in [1.54, 1.807) is 0 Å². The van der Waals surface area contributed by atoms with E-state index >= 15 is 0 Å². The summed E-state index contributed by atoms with van der Waals surface area (Å²) in [5, 5.41) is 12.5. The molecule has 1 aliphatic heterocycles. The Morgan fingerprint density at radius 2 is 1.93 bits per heavy atom. The molecule has 0 bridgehead atoms. The predicted octanol–water partition coefficient (Wildman–Crippen LogP) is 2.48. The molecular weight excluding hydrogens is 362 g/mol. The van der Waals surface area contributed by atoms with Crippen LogP contribution in [0.2, 0.25) is 0 Å². The molecule has 8 heteroatoms. The number of amides is 1. The second-order valence-electron chi connectivity index (χ2n) is 6.64. The van der Waals surface area contributed by atoms with Crippen molar-refractivity contribution in [3.63, 3.8) is 0 Å². The van der Waals surface area contributed by atoms with Gasteiger partial charge in [0.05, 0.1) is 25.5 Å². The molecule has 1 aliphatic rings. The van der Waals surface area contributed by atoms with Gasteiger partial charge >= 0.3 is 0 Å². The summed E-state index contributed by atoms with van der Waals surface area (Å²) in [7, 11) is 0. The average molecular weight is 390 g/mol. The predicted molar refractivity (Wildman–Crippen MR) is 107 cm³/mol. The van der Waals surface area contributed by atoms with Gasteiger partial charge in [0.25, 0.3) is 0 Å². The third kappa shape index (κ3) is 5.09. The monoisotopic (exact) mass is 389 g/mol. The smallest absolute Gasteiger partial charge is 0.234 e. The molecule has 1 saturated heterocycles.